The highest BCUT2D eigenvalue weighted by Crippen LogP contribution is 2.40. The average Bonchev–Trinajstić information content (AvgIpc) is 2.91. The van der Waals surface area contributed by atoms with Crippen molar-refractivity contribution in [1.29, 1.82) is 0 Å². The topological polar surface area (TPSA) is 46.2 Å². The molecule has 2 rings (SSSR count). The third-order valence-corrected chi connectivity index (χ3v) is 3.56. The number of aromatic hydroxyl groups is 1. The molecule has 1 saturated carbocycles. The number of hydrogen-bond donors (Lipinski definition) is 2. The Labute approximate surface area is 97.5 Å². The summed E-state index contributed by atoms with van der Waals surface area (Å²) in [5, 5.41) is 10.2. The SMILES string of the molecule is Cc1ccc(C(C)C)c(CC2(N)CC2)c1O. The molecule has 1 aromatic carbocycles. The Balaban J connectivity index is 2.42. The molecule has 2 heteroatoms. The molecule has 0 radical (unpaired) electrons. The number of hydrogen-bond acceptors (Lipinski definition) is 2. The fourth-order valence-electron chi connectivity index (χ4n) is 2.19. The van der Waals surface area contributed by atoms with E-state index in [0.717, 1.165) is 30.4 Å². The van der Waals surface area contributed by atoms with Gasteiger partial charge in [-0.1, -0.05) is 26.0 Å². The summed E-state index contributed by atoms with van der Waals surface area (Å²) in [6.45, 7) is 6.26. The van der Waals surface area contributed by atoms with Gasteiger partial charge in [0.05, 0.1) is 0 Å². The Morgan fingerprint density at radius 2 is 2.00 bits per heavy atom. The molecule has 1 aliphatic carbocycles. The molecule has 16 heavy (non-hydrogen) atoms. The van der Waals surface area contributed by atoms with Gasteiger partial charge < -0.3 is 10.8 Å². The minimum absolute atomic E-state index is 0.0467. The summed E-state index contributed by atoms with van der Waals surface area (Å²) in [5.41, 5.74) is 9.36. The van der Waals surface area contributed by atoms with E-state index in [-0.39, 0.29) is 5.54 Å². The summed E-state index contributed by atoms with van der Waals surface area (Å²) in [4.78, 5) is 0. The number of aryl methyl sites for hydroxylation is 1. The van der Waals surface area contributed by atoms with Gasteiger partial charge in [-0.2, -0.15) is 0 Å². The van der Waals surface area contributed by atoms with E-state index in [1.807, 2.05) is 13.0 Å². The second kappa shape index (κ2) is 3.77. The maximum absolute atomic E-state index is 10.2. The van der Waals surface area contributed by atoms with E-state index >= 15 is 0 Å². The van der Waals surface area contributed by atoms with Gasteiger partial charge in [-0.05, 0) is 48.8 Å². The zero-order chi connectivity index (χ0) is 11.9. The monoisotopic (exact) mass is 219 g/mol. The first-order chi connectivity index (χ1) is 7.43. The van der Waals surface area contributed by atoms with E-state index in [1.165, 1.54) is 5.56 Å². The predicted octanol–water partition coefficient (Wildman–Crippen LogP) is 2.86. The molecule has 0 saturated heterocycles. The highest BCUT2D eigenvalue weighted by molar-refractivity contribution is 5.47. The fraction of sp³-hybridized carbons (Fsp3) is 0.571. The summed E-state index contributed by atoms with van der Waals surface area (Å²) in [6.07, 6.45) is 2.98. The van der Waals surface area contributed by atoms with Crippen LogP contribution >= 0.6 is 0 Å². The van der Waals surface area contributed by atoms with Crippen LogP contribution in [0.25, 0.3) is 0 Å². The fourth-order valence-corrected chi connectivity index (χ4v) is 2.19. The molecule has 1 fully saturated rings. The van der Waals surface area contributed by atoms with Crippen LogP contribution in [0, 0.1) is 6.92 Å². The van der Waals surface area contributed by atoms with E-state index in [4.69, 9.17) is 5.73 Å². The molecule has 0 aromatic heterocycles. The number of phenols is 1. The van der Waals surface area contributed by atoms with Crippen molar-refractivity contribution >= 4 is 0 Å². The molecule has 0 atom stereocenters. The molecular formula is C14H21NO. The second-order valence-corrected chi connectivity index (χ2v) is 5.49. The number of benzene rings is 1. The smallest absolute Gasteiger partial charge is 0.122 e. The summed E-state index contributed by atoms with van der Waals surface area (Å²) in [5.74, 6) is 0.881. The zero-order valence-electron chi connectivity index (χ0n) is 10.4. The maximum atomic E-state index is 10.2. The van der Waals surface area contributed by atoms with Crippen molar-refractivity contribution in [1.82, 2.24) is 0 Å². The second-order valence-electron chi connectivity index (χ2n) is 5.49. The van der Waals surface area contributed by atoms with E-state index < -0.39 is 0 Å². The summed E-state index contributed by atoms with van der Waals surface area (Å²) in [6, 6.07) is 4.12. The number of phenolic OH excluding ortho intramolecular Hbond substituents is 1. The van der Waals surface area contributed by atoms with Crippen molar-refractivity contribution in [3.63, 3.8) is 0 Å². The van der Waals surface area contributed by atoms with Crippen molar-refractivity contribution in [3.8, 4) is 5.75 Å². The zero-order valence-corrected chi connectivity index (χ0v) is 10.4. The highest BCUT2D eigenvalue weighted by Gasteiger charge is 2.39. The average molecular weight is 219 g/mol. The standard InChI is InChI=1S/C14H21NO/c1-9(2)11-5-4-10(3)13(16)12(11)8-14(15)6-7-14/h4-5,9,16H,6-8,15H2,1-3H3. The Morgan fingerprint density at radius 3 is 2.50 bits per heavy atom. The molecule has 0 spiro atoms. The van der Waals surface area contributed by atoms with E-state index in [2.05, 4.69) is 19.9 Å². The molecule has 1 aromatic rings. The van der Waals surface area contributed by atoms with Gasteiger partial charge in [-0.25, -0.2) is 0 Å². The minimum Gasteiger partial charge on any atom is -0.507 e. The van der Waals surface area contributed by atoms with Crippen LogP contribution in [0.3, 0.4) is 0 Å². The van der Waals surface area contributed by atoms with Crippen molar-refractivity contribution in [2.75, 3.05) is 0 Å². The third-order valence-electron chi connectivity index (χ3n) is 3.56. The van der Waals surface area contributed by atoms with Crippen molar-refractivity contribution in [3.05, 3.63) is 28.8 Å². The van der Waals surface area contributed by atoms with E-state index in [0.29, 0.717) is 11.7 Å². The van der Waals surface area contributed by atoms with Gasteiger partial charge in [0.15, 0.2) is 0 Å². The molecule has 88 valence electrons. The Bertz CT molecular complexity index is 405. The van der Waals surface area contributed by atoms with E-state index in [1.54, 1.807) is 0 Å². The van der Waals surface area contributed by atoms with Crippen LogP contribution in [0.2, 0.25) is 0 Å². The Morgan fingerprint density at radius 1 is 1.38 bits per heavy atom. The third kappa shape index (κ3) is 2.07. The van der Waals surface area contributed by atoms with Crippen LogP contribution in [0.4, 0.5) is 0 Å². The van der Waals surface area contributed by atoms with Crippen LogP contribution < -0.4 is 5.73 Å². The molecule has 0 unspecified atom stereocenters. The normalized spacial score (nSPS) is 17.8. The molecule has 0 aliphatic heterocycles. The van der Waals surface area contributed by atoms with Gasteiger partial charge in [0, 0.05) is 5.54 Å². The van der Waals surface area contributed by atoms with Gasteiger partial charge in [-0.3, -0.25) is 0 Å². The molecule has 0 bridgehead atoms. The number of nitrogens with two attached hydrogens (primary N) is 1. The number of rotatable bonds is 3. The Hall–Kier alpha value is -1.02. The minimum atomic E-state index is -0.0467. The van der Waals surface area contributed by atoms with Crippen LogP contribution in [0.15, 0.2) is 12.1 Å². The highest BCUT2D eigenvalue weighted by atomic mass is 16.3. The largest absolute Gasteiger partial charge is 0.507 e. The van der Waals surface area contributed by atoms with E-state index in [9.17, 15) is 5.11 Å². The maximum Gasteiger partial charge on any atom is 0.122 e. The van der Waals surface area contributed by atoms with Crippen LogP contribution in [0.1, 0.15) is 49.3 Å². The first kappa shape index (κ1) is 11.5. The first-order valence-corrected chi connectivity index (χ1v) is 6.03. The van der Waals surface area contributed by atoms with Crippen molar-refractivity contribution in [2.24, 2.45) is 5.73 Å². The summed E-state index contributed by atoms with van der Waals surface area (Å²) >= 11 is 0. The lowest BCUT2D eigenvalue weighted by Crippen LogP contribution is -2.25. The molecule has 2 nitrogen and oxygen atoms in total. The lowest BCUT2D eigenvalue weighted by Gasteiger charge is -2.18. The molecule has 3 N–H and O–H groups in total. The molecule has 1 aliphatic rings. The van der Waals surface area contributed by atoms with Crippen LogP contribution in [0.5, 0.6) is 5.75 Å². The van der Waals surface area contributed by atoms with Crippen molar-refractivity contribution in [2.45, 2.75) is 51.5 Å². The Kier molecular flexibility index (Phi) is 2.70. The van der Waals surface area contributed by atoms with Gasteiger partial charge in [-0.15, -0.1) is 0 Å². The first-order valence-electron chi connectivity index (χ1n) is 6.03. The molecule has 0 amide bonds. The summed E-state index contributed by atoms with van der Waals surface area (Å²) < 4.78 is 0. The predicted molar refractivity (Wildman–Crippen MR) is 66.8 cm³/mol. The van der Waals surface area contributed by atoms with Gasteiger partial charge in [0.2, 0.25) is 0 Å². The van der Waals surface area contributed by atoms with Crippen molar-refractivity contribution < 1.29 is 5.11 Å². The van der Waals surface area contributed by atoms with Gasteiger partial charge >= 0.3 is 0 Å². The lowest BCUT2D eigenvalue weighted by atomic mass is 9.90. The summed E-state index contributed by atoms with van der Waals surface area (Å²) in [7, 11) is 0. The molecule has 0 heterocycles. The van der Waals surface area contributed by atoms with Gasteiger partial charge in [0.25, 0.3) is 0 Å². The quantitative estimate of drug-likeness (QED) is 0.821. The molecular weight excluding hydrogens is 198 g/mol. The van der Waals surface area contributed by atoms with Crippen LogP contribution in [-0.2, 0) is 6.42 Å². The van der Waals surface area contributed by atoms with Crippen LogP contribution in [-0.4, -0.2) is 10.6 Å². The van der Waals surface area contributed by atoms with Gasteiger partial charge in [0.1, 0.15) is 5.75 Å². The lowest BCUT2D eigenvalue weighted by molar-refractivity contribution is 0.457.